The average Bonchev–Trinajstić information content (AvgIpc) is 3.12. The Kier molecular flexibility index (Phi) is 4.66. The standard InChI is InChI=1S/C15H24N2O4/c1-5-15(6-2,13(18)19-7-3)12-16-11(17-21-12)14(4)9-8-10-20-14/h5-10H2,1-4H3. The first-order valence-corrected chi connectivity index (χ1v) is 7.68. The maximum atomic E-state index is 12.4. The van der Waals surface area contributed by atoms with Crippen LogP contribution >= 0.6 is 0 Å². The van der Waals surface area contributed by atoms with Gasteiger partial charge in [0.1, 0.15) is 11.0 Å². The van der Waals surface area contributed by atoms with Crippen molar-refractivity contribution in [1.82, 2.24) is 10.1 Å². The third-order valence-corrected chi connectivity index (χ3v) is 4.40. The molecule has 0 aromatic carbocycles. The summed E-state index contributed by atoms with van der Waals surface area (Å²) in [6.07, 6.45) is 2.95. The van der Waals surface area contributed by atoms with E-state index in [2.05, 4.69) is 10.1 Å². The Morgan fingerprint density at radius 1 is 1.38 bits per heavy atom. The zero-order chi connectivity index (χ0) is 15.5. The molecule has 0 aliphatic carbocycles. The third kappa shape index (κ3) is 2.69. The summed E-state index contributed by atoms with van der Waals surface area (Å²) in [5.74, 6) is 0.547. The van der Waals surface area contributed by atoms with Crippen LogP contribution < -0.4 is 0 Å². The number of aromatic nitrogens is 2. The van der Waals surface area contributed by atoms with Crippen LogP contribution in [0.25, 0.3) is 0 Å². The molecule has 0 N–H and O–H groups in total. The van der Waals surface area contributed by atoms with Crippen molar-refractivity contribution in [2.24, 2.45) is 0 Å². The summed E-state index contributed by atoms with van der Waals surface area (Å²) in [6.45, 7) is 8.64. The molecule has 6 nitrogen and oxygen atoms in total. The molecule has 1 fully saturated rings. The van der Waals surface area contributed by atoms with Gasteiger partial charge in [-0.1, -0.05) is 19.0 Å². The van der Waals surface area contributed by atoms with Crippen LogP contribution in [-0.2, 0) is 25.3 Å². The van der Waals surface area contributed by atoms with Crippen LogP contribution in [0.3, 0.4) is 0 Å². The van der Waals surface area contributed by atoms with Gasteiger partial charge < -0.3 is 14.0 Å². The summed E-state index contributed by atoms with van der Waals surface area (Å²) in [4.78, 5) is 16.8. The first-order valence-electron chi connectivity index (χ1n) is 7.68. The van der Waals surface area contributed by atoms with Gasteiger partial charge in [-0.15, -0.1) is 0 Å². The largest absolute Gasteiger partial charge is 0.465 e. The fourth-order valence-corrected chi connectivity index (χ4v) is 2.79. The van der Waals surface area contributed by atoms with Gasteiger partial charge in [0.25, 0.3) is 0 Å². The van der Waals surface area contributed by atoms with Gasteiger partial charge in [0.2, 0.25) is 11.7 Å². The van der Waals surface area contributed by atoms with E-state index < -0.39 is 11.0 Å². The van der Waals surface area contributed by atoms with Gasteiger partial charge in [0, 0.05) is 6.61 Å². The summed E-state index contributed by atoms with van der Waals surface area (Å²) < 4.78 is 16.3. The number of carbonyl (C=O) groups excluding carboxylic acids is 1. The molecular formula is C15H24N2O4. The smallest absolute Gasteiger partial charge is 0.321 e. The van der Waals surface area contributed by atoms with Crippen LogP contribution in [0.5, 0.6) is 0 Å². The highest BCUT2D eigenvalue weighted by Gasteiger charge is 2.46. The first kappa shape index (κ1) is 15.9. The first-order chi connectivity index (χ1) is 10.0. The quantitative estimate of drug-likeness (QED) is 0.751. The van der Waals surface area contributed by atoms with Crippen molar-refractivity contribution in [3.63, 3.8) is 0 Å². The van der Waals surface area contributed by atoms with Crippen molar-refractivity contribution in [3.8, 4) is 0 Å². The fraction of sp³-hybridized carbons (Fsp3) is 0.800. The molecule has 1 saturated heterocycles. The molecule has 0 amide bonds. The van der Waals surface area contributed by atoms with Gasteiger partial charge in [-0.2, -0.15) is 4.98 Å². The van der Waals surface area contributed by atoms with Crippen LogP contribution in [0.4, 0.5) is 0 Å². The molecule has 2 heterocycles. The molecule has 0 radical (unpaired) electrons. The number of hydrogen-bond donors (Lipinski definition) is 0. The van der Waals surface area contributed by atoms with Crippen molar-refractivity contribution < 1.29 is 18.8 Å². The third-order valence-electron chi connectivity index (χ3n) is 4.40. The molecule has 1 aromatic rings. The molecule has 0 saturated carbocycles. The van der Waals surface area contributed by atoms with E-state index in [0.29, 0.717) is 37.8 Å². The highest BCUT2D eigenvalue weighted by atomic mass is 16.5. The summed E-state index contributed by atoms with van der Waals surface area (Å²) in [5.41, 5.74) is -1.38. The zero-order valence-electron chi connectivity index (χ0n) is 13.3. The van der Waals surface area contributed by atoms with Crippen LogP contribution in [0.15, 0.2) is 4.52 Å². The van der Waals surface area contributed by atoms with Crippen molar-refractivity contribution in [3.05, 3.63) is 11.7 Å². The Hall–Kier alpha value is -1.43. The second-order valence-corrected chi connectivity index (χ2v) is 5.62. The molecule has 1 aliphatic heterocycles. The minimum Gasteiger partial charge on any atom is -0.465 e. The summed E-state index contributed by atoms with van der Waals surface area (Å²) in [6, 6.07) is 0. The topological polar surface area (TPSA) is 74.5 Å². The number of carbonyl (C=O) groups is 1. The van der Waals surface area contributed by atoms with E-state index in [1.807, 2.05) is 20.8 Å². The summed E-state index contributed by atoms with van der Waals surface area (Å²) in [7, 11) is 0. The number of rotatable bonds is 6. The van der Waals surface area contributed by atoms with Gasteiger partial charge >= 0.3 is 5.97 Å². The molecule has 1 aromatic heterocycles. The molecule has 1 aliphatic rings. The predicted octanol–water partition coefficient (Wildman–Crippen LogP) is 2.72. The second-order valence-electron chi connectivity index (χ2n) is 5.62. The Morgan fingerprint density at radius 2 is 2.10 bits per heavy atom. The lowest BCUT2D eigenvalue weighted by molar-refractivity contribution is -0.151. The van der Waals surface area contributed by atoms with E-state index >= 15 is 0 Å². The van der Waals surface area contributed by atoms with Crippen molar-refractivity contribution in [1.29, 1.82) is 0 Å². The SMILES string of the molecule is CCOC(=O)C(CC)(CC)c1nc(C2(C)CCCO2)no1. The molecule has 21 heavy (non-hydrogen) atoms. The van der Waals surface area contributed by atoms with E-state index in [-0.39, 0.29) is 5.97 Å². The van der Waals surface area contributed by atoms with Gasteiger partial charge in [0.15, 0.2) is 0 Å². The molecule has 6 heteroatoms. The van der Waals surface area contributed by atoms with Crippen LogP contribution in [0, 0.1) is 0 Å². The Bertz CT molecular complexity index is 488. The van der Waals surface area contributed by atoms with E-state index in [1.165, 1.54) is 0 Å². The number of ether oxygens (including phenoxy) is 2. The minimum atomic E-state index is -0.865. The van der Waals surface area contributed by atoms with Crippen molar-refractivity contribution in [2.75, 3.05) is 13.2 Å². The maximum absolute atomic E-state index is 12.4. The monoisotopic (exact) mass is 296 g/mol. The lowest BCUT2D eigenvalue weighted by Gasteiger charge is -2.24. The van der Waals surface area contributed by atoms with Crippen molar-refractivity contribution in [2.45, 2.75) is 64.4 Å². The van der Waals surface area contributed by atoms with Crippen LogP contribution in [0.1, 0.15) is 65.1 Å². The summed E-state index contributed by atoms with van der Waals surface area (Å²) in [5, 5.41) is 4.06. The van der Waals surface area contributed by atoms with Crippen LogP contribution in [0.2, 0.25) is 0 Å². The van der Waals surface area contributed by atoms with Crippen molar-refractivity contribution >= 4 is 5.97 Å². The highest BCUT2D eigenvalue weighted by molar-refractivity contribution is 5.81. The predicted molar refractivity (Wildman–Crippen MR) is 75.7 cm³/mol. The Morgan fingerprint density at radius 3 is 2.62 bits per heavy atom. The lowest BCUT2D eigenvalue weighted by Crippen LogP contribution is -2.37. The number of esters is 1. The van der Waals surface area contributed by atoms with Gasteiger partial charge in [-0.25, -0.2) is 0 Å². The zero-order valence-corrected chi connectivity index (χ0v) is 13.3. The normalized spacial score (nSPS) is 22.5. The van der Waals surface area contributed by atoms with Crippen LogP contribution in [-0.4, -0.2) is 29.3 Å². The molecule has 1 atom stereocenters. The van der Waals surface area contributed by atoms with Gasteiger partial charge in [0.05, 0.1) is 6.61 Å². The molecule has 1 unspecified atom stereocenters. The van der Waals surface area contributed by atoms with E-state index in [1.54, 1.807) is 6.92 Å². The lowest BCUT2D eigenvalue weighted by atomic mass is 9.82. The molecule has 0 bridgehead atoms. The van der Waals surface area contributed by atoms with Gasteiger partial charge in [-0.3, -0.25) is 4.79 Å². The fourth-order valence-electron chi connectivity index (χ4n) is 2.79. The molecule has 0 spiro atoms. The van der Waals surface area contributed by atoms with E-state index in [9.17, 15) is 4.79 Å². The molecular weight excluding hydrogens is 272 g/mol. The summed E-state index contributed by atoms with van der Waals surface area (Å²) >= 11 is 0. The van der Waals surface area contributed by atoms with E-state index in [4.69, 9.17) is 14.0 Å². The molecule has 2 rings (SSSR count). The second kappa shape index (κ2) is 6.13. The average molecular weight is 296 g/mol. The van der Waals surface area contributed by atoms with Gasteiger partial charge in [-0.05, 0) is 39.5 Å². The number of hydrogen-bond acceptors (Lipinski definition) is 6. The van der Waals surface area contributed by atoms with E-state index in [0.717, 1.165) is 12.8 Å². The highest BCUT2D eigenvalue weighted by Crippen LogP contribution is 2.37. The Labute approximate surface area is 125 Å². The maximum Gasteiger partial charge on any atom is 0.321 e. The molecule has 118 valence electrons. The number of nitrogens with zero attached hydrogens (tertiary/aromatic N) is 2. The minimum absolute atomic E-state index is 0.303. The Balaban J connectivity index is 2.34.